The van der Waals surface area contributed by atoms with Gasteiger partial charge in [-0.25, -0.2) is 4.98 Å². The van der Waals surface area contributed by atoms with Gasteiger partial charge in [0.05, 0.1) is 12.3 Å². The van der Waals surface area contributed by atoms with Crippen molar-refractivity contribution in [2.45, 2.75) is 13.5 Å². The molecule has 2 aromatic heterocycles. The first-order valence-electron chi connectivity index (χ1n) is 4.06. The first kappa shape index (κ1) is 8.07. The summed E-state index contributed by atoms with van der Waals surface area (Å²) in [6.45, 7) is 1.88. The average Bonchev–Trinajstić information content (AvgIpc) is 2.43. The van der Waals surface area contributed by atoms with E-state index in [0.717, 1.165) is 16.9 Å². The number of pyridine rings is 1. The van der Waals surface area contributed by atoms with Crippen molar-refractivity contribution in [3.8, 4) is 0 Å². The first-order chi connectivity index (χ1) is 6.22. The van der Waals surface area contributed by atoms with E-state index in [1.807, 2.05) is 19.1 Å². The fourth-order valence-electron chi connectivity index (χ4n) is 1.32. The molecule has 0 radical (unpaired) electrons. The quantitative estimate of drug-likeness (QED) is 0.674. The molecule has 0 saturated carbocycles. The summed E-state index contributed by atoms with van der Waals surface area (Å²) >= 11 is 0. The minimum Gasteiger partial charge on any atom is -0.392 e. The molecule has 4 heteroatoms. The number of nitrogens with two attached hydrogens (primary N) is 1. The van der Waals surface area contributed by atoms with E-state index in [1.54, 1.807) is 10.6 Å². The van der Waals surface area contributed by atoms with Gasteiger partial charge in [0, 0.05) is 6.20 Å². The van der Waals surface area contributed by atoms with Crippen LogP contribution in [0.2, 0.25) is 0 Å². The predicted molar refractivity (Wildman–Crippen MR) is 50.3 cm³/mol. The van der Waals surface area contributed by atoms with Gasteiger partial charge in [-0.05, 0) is 18.6 Å². The SMILES string of the molecule is Cc1nc2ccc(CO)cn2c1N. The van der Waals surface area contributed by atoms with Gasteiger partial charge in [0.25, 0.3) is 0 Å². The van der Waals surface area contributed by atoms with Crippen molar-refractivity contribution >= 4 is 11.5 Å². The Morgan fingerprint density at radius 3 is 3.00 bits per heavy atom. The molecule has 4 nitrogen and oxygen atoms in total. The molecule has 13 heavy (non-hydrogen) atoms. The smallest absolute Gasteiger partial charge is 0.138 e. The minimum absolute atomic E-state index is 0.0204. The zero-order valence-electron chi connectivity index (χ0n) is 7.36. The third-order valence-electron chi connectivity index (χ3n) is 2.08. The van der Waals surface area contributed by atoms with Crippen LogP contribution in [0, 0.1) is 6.92 Å². The van der Waals surface area contributed by atoms with Crippen LogP contribution in [0.4, 0.5) is 5.82 Å². The Hall–Kier alpha value is -1.55. The van der Waals surface area contributed by atoms with Gasteiger partial charge in [-0.3, -0.25) is 4.40 Å². The second-order valence-corrected chi connectivity index (χ2v) is 3.01. The zero-order valence-corrected chi connectivity index (χ0v) is 7.36. The molecule has 0 saturated heterocycles. The van der Waals surface area contributed by atoms with E-state index in [1.165, 1.54) is 0 Å². The molecule has 0 bridgehead atoms. The number of hydrogen-bond donors (Lipinski definition) is 2. The Bertz CT molecular complexity index is 447. The maximum atomic E-state index is 8.92. The number of imidazole rings is 1. The van der Waals surface area contributed by atoms with E-state index < -0.39 is 0 Å². The Labute approximate surface area is 75.6 Å². The van der Waals surface area contributed by atoms with Gasteiger partial charge in [-0.1, -0.05) is 6.07 Å². The minimum atomic E-state index is 0.0204. The largest absolute Gasteiger partial charge is 0.392 e. The highest BCUT2D eigenvalue weighted by molar-refractivity contribution is 5.52. The molecule has 0 atom stereocenters. The van der Waals surface area contributed by atoms with Crippen LogP contribution in [0.15, 0.2) is 18.3 Å². The summed E-state index contributed by atoms with van der Waals surface area (Å²) < 4.78 is 1.78. The number of anilines is 1. The third kappa shape index (κ3) is 1.15. The van der Waals surface area contributed by atoms with Crippen molar-refractivity contribution in [2.75, 3.05) is 5.73 Å². The van der Waals surface area contributed by atoms with Gasteiger partial charge in [0.15, 0.2) is 0 Å². The lowest BCUT2D eigenvalue weighted by atomic mass is 10.3. The van der Waals surface area contributed by atoms with Crippen molar-refractivity contribution in [1.29, 1.82) is 0 Å². The Morgan fingerprint density at radius 1 is 1.54 bits per heavy atom. The highest BCUT2D eigenvalue weighted by atomic mass is 16.3. The van der Waals surface area contributed by atoms with Gasteiger partial charge in [0.1, 0.15) is 11.5 Å². The molecule has 0 aromatic carbocycles. The maximum Gasteiger partial charge on any atom is 0.138 e. The van der Waals surface area contributed by atoms with Crippen molar-refractivity contribution in [3.63, 3.8) is 0 Å². The molecule has 0 aliphatic carbocycles. The normalized spacial score (nSPS) is 10.9. The molecule has 68 valence electrons. The fourth-order valence-corrected chi connectivity index (χ4v) is 1.32. The van der Waals surface area contributed by atoms with E-state index in [9.17, 15) is 0 Å². The molecular weight excluding hydrogens is 166 g/mol. The van der Waals surface area contributed by atoms with E-state index in [-0.39, 0.29) is 6.61 Å². The predicted octanol–water partition coefficient (Wildman–Crippen LogP) is 0.717. The third-order valence-corrected chi connectivity index (χ3v) is 2.08. The van der Waals surface area contributed by atoms with Gasteiger partial charge in [0.2, 0.25) is 0 Å². The van der Waals surface area contributed by atoms with Crippen molar-refractivity contribution in [1.82, 2.24) is 9.38 Å². The highest BCUT2D eigenvalue weighted by Gasteiger charge is 2.04. The molecule has 0 fully saturated rings. The fraction of sp³-hybridized carbons (Fsp3) is 0.222. The zero-order chi connectivity index (χ0) is 9.42. The summed E-state index contributed by atoms with van der Waals surface area (Å²) in [7, 11) is 0. The monoisotopic (exact) mass is 177 g/mol. The van der Waals surface area contributed by atoms with Crippen molar-refractivity contribution in [3.05, 3.63) is 29.6 Å². The molecule has 0 aliphatic rings. The summed E-state index contributed by atoms with van der Waals surface area (Å²) in [5.41, 5.74) is 8.24. The van der Waals surface area contributed by atoms with E-state index in [2.05, 4.69) is 4.98 Å². The summed E-state index contributed by atoms with van der Waals surface area (Å²) in [6, 6.07) is 3.68. The number of aryl methyl sites for hydroxylation is 1. The van der Waals surface area contributed by atoms with Crippen LogP contribution in [0.1, 0.15) is 11.3 Å². The van der Waals surface area contributed by atoms with Crippen LogP contribution >= 0.6 is 0 Å². The Balaban J connectivity index is 2.75. The number of aliphatic hydroxyl groups is 1. The molecule has 3 N–H and O–H groups in total. The number of aromatic nitrogens is 2. The second kappa shape index (κ2) is 2.74. The van der Waals surface area contributed by atoms with Crippen molar-refractivity contribution in [2.24, 2.45) is 0 Å². The number of hydrogen-bond acceptors (Lipinski definition) is 3. The lowest BCUT2D eigenvalue weighted by Crippen LogP contribution is -1.95. The van der Waals surface area contributed by atoms with Crippen LogP contribution in [0.25, 0.3) is 5.65 Å². The topological polar surface area (TPSA) is 63.5 Å². The summed E-state index contributed by atoms with van der Waals surface area (Å²) in [4.78, 5) is 4.24. The lowest BCUT2D eigenvalue weighted by Gasteiger charge is -1.99. The number of aliphatic hydroxyl groups excluding tert-OH is 1. The van der Waals surface area contributed by atoms with E-state index in [4.69, 9.17) is 10.8 Å². The second-order valence-electron chi connectivity index (χ2n) is 3.01. The van der Waals surface area contributed by atoms with Crippen LogP contribution in [-0.4, -0.2) is 14.5 Å². The number of nitrogens with zero attached hydrogens (tertiary/aromatic N) is 2. The van der Waals surface area contributed by atoms with Crippen LogP contribution in [0.5, 0.6) is 0 Å². The highest BCUT2D eigenvalue weighted by Crippen LogP contribution is 2.14. The Kier molecular flexibility index (Phi) is 1.70. The molecule has 0 aliphatic heterocycles. The van der Waals surface area contributed by atoms with Crippen molar-refractivity contribution < 1.29 is 5.11 Å². The standard InChI is InChI=1S/C9H11N3O/c1-6-9(10)12-4-7(5-13)2-3-8(12)11-6/h2-4,13H,5,10H2,1H3. The summed E-state index contributed by atoms with van der Waals surface area (Å²) in [5, 5.41) is 8.92. The lowest BCUT2D eigenvalue weighted by molar-refractivity contribution is 0.281. The molecule has 0 amide bonds. The summed E-state index contributed by atoms with van der Waals surface area (Å²) in [5.74, 6) is 0.630. The number of nitrogen functional groups attached to an aromatic ring is 1. The molecule has 2 aromatic rings. The van der Waals surface area contributed by atoms with Gasteiger partial charge >= 0.3 is 0 Å². The molecular formula is C9H11N3O. The molecule has 0 unspecified atom stereocenters. The van der Waals surface area contributed by atoms with Gasteiger partial charge < -0.3 is 10.8 Å². The van der Waals surface area contributed by atoms with Gasteiger partial charge in [-0.15, -0.1) is 0 Å². The molecule has 2 heterocycles. The van der Waals surface area contributed by atoms with Crippen LogP contribution in [0.3, 0.4) is 0 Å². The van der Waals surface area contributed by atoms with E-state index >= 15 is 0 Å². The van der Waals surface area contributed by atoms with E-state index in [0.29, 0.717) is 5.82 Å². The summed E-state index contributed by atoms with van der Waals surface area (Å²) in [6.07, 6.45) is 1.80. The van der Waals surface area contributed by atoms with Crippen LogP contribution in [-0.2, 0) is 6.61 Å². The Morgan fingerprint density at radius 2 is 2.31 bits per heavy atom. The van der Waals surface area contributed by atoms with Gasteiger partial charge in [-0.2, -0.15) is 0 Å². The van der Waals surface area contributed by atoms with Crippen LogP contribution < -0.4 is 5.73 Å². The number of fused-ring (bicyclic) bond motifs is 1. The first-order valence-corrected chi connectivity index (χ1v) is 4.06. The number of rotatable bonds is 1. The maximum absolute atomic E-state index is 8.92. The average molecular weight is 177 g/mol. The molecule has 2 rings (SSSR count). The molecule has 0 spiro atoms.